The molecule has 3 N–H and O–H groups in total. The summed E-state index contributed by atoms with van der Waals surface area (Å²) in [4.78, 5) is 38.6. The van der Waals surface area contributed by atoms with E-state index in [-0.39, 0.29) is 4.90 Å². The van der Waals surface area contributed by atoms with Crippen molar-refractivity contribution in [1.82, 2.24) is 10.8 Å². The number of benzene rings is 2. The number of nitrogens with zero attached hydrogens (tertiary/aromatic N) is 1. The van der Waals surface area contributed by atoms with Crippen molar-refractivity contribution in [2.45, 2.75) is 37.3 Å². The molecule has 0 aliphatic heterocycles. The van der Waals surface area contributed by atoms with Gasteiger partial charge in [0, 0.05) is 5.69 Å². The zero-order valence-electron chi connectivity index (χ0n) is 19.8. The molecule has 0 fully saturated rings. The number of hydrogen-bond donors (Lipinski definition) is 3. The number of ether oxygens (including phenoxy) is 2. The Morgan fingerprint density at radius 3 is 2.14 bits per heavy atom. The molecule has 2 aromatic rings. The van der Waals surface area contributed by atoms with Crippen molar-refractivity contribution in [2.24, 2.45) is 0 Å². The maximum atomic E-state index is 12.8. The Bertz CT molecular complexity index is 1130. The first-order valence-electron chi connectivity index (χ1n) is 10.5. The van der Waals surface area contributed by atoms with Gasteiger partial charge in [0.25, 0.3) is 5.91 Å². The topological polar surface area (TPSA) is 151 Å². The summed E-state index contributed by atoms with van der Waals surface area (Å²) in [5.74, 6) is -2.39. The van der Waals surface area contributed by atoms with Crippen LogP contribution < -0.4 is 20.4 Å². The molecule has 0 radical (unpaired) electrons. The number of amides is 3. The molecular formula is C23H29N3O8S. The van der Waals surface area contributed by atoms with Gasteiger partial charge < -0.3 is 14.8 Å². The van der Waals surface area contributed by atoms with Crippen LogP contribution in [0, 0.1) is 0 Å². The first-order chi connectivity index (χ1) is 16.4. The van der Waals surface area contributed by atoms with Crippen LogP contribution in [0.3, 0.4) is 0 Å². The Morgan fingerprint density at radius 1 is 1.03 bits per heavy atom. The Hall–Kier alpha value is -3.64. The quantitative estimate of drug-likeness (QED) is 0.344. The second kappa shape index (κ2) is 11.7. The number of sulfone groups is 1. The fourth-order valence-corrected chi connectivity index (χ4v) is 4.35. The third-order valence-corrected chi connectivity index (χ3v) is 6.31. The molecule has 0 bridgehead atoms. The van der Waals surface area contributed by atoms with E-state index in [1.54, 1.807) is 51.1 Å². The highest BCUT2D eigenvalue weighted by Gasteiger charge is 2.31. The molecule has 2 aromatic carbocycles. The second-order valence-electron chi connectivity index (χ2n) is 8.46. The maximum absolute atomic E-state index is 12.8. The van der Waals surface area contributed by atoms with E-state index >= 15 is 0 Å². The lowest BCUT2D eigenvalue weighted by Gasteiger charge is -2.27. The predicted octanol–water partition coefficient (Wildman–Crippen LogP) is 1.90. The maximum Gasteiger partial charge on any atom is 0.415 e. The van der Waals surface area contributed by atoms with Crippen molar-refractivity contribution < 1.29 is 37.5 Å². The van der Waals surface area contributed by atoms with Crippen molar-refractivity contribution in [3.63, 3.8) is 0 Å². The summed E-state index contributed by atoms with van der Waals surface area (Å²) < 4.78 is 36.0. The average molecular weight is 508 g/mol. The molecule has 1 unspecified atom stereocenters. The lowest BCUT2D eigenvalue weighted by molar-refractivity contribution is -0.133. The largest absolute Gasteiger partial charge is 0.497 e. The van der Waals surface area contributed by atoms with Crippen molar-refractivity contribution in [3.8, 4) is 5.75 Å². The van der Waals surface area contributed by atoms with Gasteiger partial charge >= 0.3 is 6.09 Å². The van der Waals surface area contributed by atoms with E-state index in [9.17, 15) is 22.8 Å². The fourth-order valence-electron chi connectivity index (χ4n) is 2.93. The Labute approximate surface area is 203 Å². The van der Waals surface area contributed by atoms with Gasteiger partial charge in [-0.15, -0.1) is 0 Å². The van der Waals surface area contributed by atoms with Crippen LogP contribution in [0.25, 0.3) is 0 Å². The van der Waals surface area contributed by atoms with Crippen LogP contribution in [-0.2, 0) is 24.2 Å². The highest BCUT2D eigenvalue weighted by molar-refractivity contribution is 7.91. The number of rotatable bonds is 9. The van der Waals surface area contributed by atoms with Gasteiger partial charge in [0.1, 0.15) is 23.9 Å². The highest BCUT2D eigenvalue weighted by atomic mass is 32.2. The van der Waals surface area contributed by atoms with E-state index in [1.807, 2.05) is 0 Å². The van der Waals surface area contributed by atoms with Gasteiger partial charge in [0.2, 0.25) is 5.91 Å². The fraction of sp³-hybridized carbons (Fsp3) is 0.348. The van der Waals surface area contributed by atoms with Crippen molar-refractivity contribution >= 4 is 33.4 Å². The Balaban J connectivity index is 2.23. The van der Waals surface area contributed by atoms with Gasteiger partial charge in [-0.1, -0.05) is 18.2 Å². The summed E-state index contributed by atoms with van der Waals surface area (Å²) in [5.41, 5.74) is 0.870. The average Bonchev–Trinajstić information content (AvgIpc) is 2.80. The third kappa shape index (κ3) is 8.26. The summed E-state index contributed by atoms with van der Waals surface area (Å²) in [6.45, 7) is 4.43. The highest BCUT2D eigenvalue weighted by Crippen LogP contribution is 2.19. The van der Waals surface area contributed by atoms with Gasteiger partial charge in [-0.3, -0.25) is 19.7 Å². The molecule has 190 valence electrons. The number of carbonyl (C=O) groups is 3. The zero-order chi connectivity index (χ0) is 26.2. The van der Waals surface area contributed by atoms with Crippen LogP contribution in [-0.4, -0.2) is 62.6 Å². The zero-order valence-corrected chi connectivity index (χ0v) is 20.7. The normalized spacial score (nSPS) is 12.3. The van der Waals surface area contributed by atoms with Crippen LogP contribution in [0.15, 0.2) is 59.5 Å². The number of anilines is 1. The van der Waals surface area contributed by atoms with Crippen LogP contribution in [0.1, 0.15) is 20.8 Å². The minimum absolute atomic E-state index is 0.108. The van der Waals surface area contributed by atoms with Gasteiger partial charge in [-0.2, -0.15) is 0 Å². The first kappa shape index (κ1) is 27.6. The van der Waals surface area contributed by atoms with Crippen molar-refractivity contribution in [1.29, 1.82) is 0 Å². The third-order valence-electron chi connectivity index (χ3n) is 4.55. The molecule has 0 saturated carbocycles. The smallest absolute Gasteiger partial charge is 0.415 e. The molecule has 0 heterocycles. The van der Waals surface area contributed by atoms with Gasteiger partial charge in [0.15, 0.2) is 9.84 Å². The van der Waals surface area contributed by atoms with Gasteiger partial charge in [-0.05, 0) is 57.2 Å². The molecule has 2 rings (SSSR count). The lowest BCUT2D eigenvalue weighted by atomic mass is 10.2. The molecule has 35 heavy (non-hydrogen) atoms. The molecule has 11 nitrogen and oxygen atoms in total. The number of hydrogen-bond acceptors (Lipinski definition) is 8. The summed E-state index contributed by atoms with van der Waals surface area (Å²) in [7, 11) is -2.63. The summed E-state index contributed by atoms with van der Waals surface area (Å²) >= 11 is 0. The van der Waals surface area contributed by atoms with E-state index in [0.717, 1.165) is 4.90 Å². The van der Waals surface area contributed by atoms with E-state index < -0.39 is 51.7 Å². The van der Waals surface area contributed by atoms with E-state index in [4.69, 9.17) is 14.7 Å². The number of methoxy groups -OCH3 is 1. The Kier molecular flexibility index (Phi) is 9.20. The van der Waals surface area contributed by atoms with E-state index in [1.165, 1.54) is 36.9 Å². The molecule has 12 heteroatoms. The summed E-state index contributed by atoms with van der Waals surface area (Å²) in [6, 6.07) is 12.0. The van der Waals surface area contributed by atoms with Crippen molar-refractivity contribution in [3.05, 3.63) is 54.6 Å². The lowest BCUT2D eigenvalue weighted by Crippen LogP contribution is -2.53. The summed E-state index contributed by atoms with van der Waals surface area (Å²) in [5, 5.41) is 11.4. The second-order valence-corrected chi connectivity index (χ2v) is 10.5. The molecule has 0 aromatic heterocycles. The van der Waals surface area contributed by atoms with E-state index in [2.05, 4.69) is 5.32 Å². The van der Waals surface area contributed by atoms with E-state index in [0.29, 0.717) is 11.4 Å². The van der Waals surface area contributed by atoms with Gasteiger partial charge in [0.05, 0.1) is 17.8 Å². The minimum atomic E-state index is -4.05. The van der Waals surface area contributed by atoms with Crippen LogP contribution in [0.2, 0.25) is 0 Å². The predicted molar refractivity (Wildman–Crippen MR) is 127 cm³/mol. The number of carbonyl (C=O) groups excluding carboxylic acids is 3. The molecule has 1 atom stereocenters. The minimum Gasteiger partial charge on any atom is -0.497 e. The SMILES string of the molecule is COc1ccc(S(=O)(=O)CC(NC(=O)CN(C(=O)OC(C)(C)C)c2ccccc2)C(=O)NO)cc1. The number of nitrogens with one attached hydrogen (secondary N) is 2. The number of hydroxylamine groups is 1. The molecular weight excluding hydrogens is 478 g/mol. The van der Waals surface area contributed by atoms with Gasteiger partial charge in [-0.25, -0.2) is 18.7 Å². The molecule has 0 saturated heterocycles. The first-order valence-corrected chi connectivity index (χ1v) is 12.2. The van der Waals surface area contributed by atoms with Crippen LogP contribution >= 0.6 is 0 Å². The monoisotopic (exact) mass is 507 g/mol. The standard InChI is InChI=1S/C23H29N3O8S/c1-23(2,3)34-22(29)26(16-8-6-5-7-9-16)14-20(27)24-19(21(28)25-30)15-35(31,32)18-12-10-17(33-4)11-13-18/h5-13,19,30H,14-15H2,1-4H3,(H,24,27)(H,25,28). The number of para-hydroxylation sites is 1. The molecule has 3 amide bonds. The molecule has 0 aliphatic rings. The van der Waals surface area contributed by atoms with Crippen LogP contribution in [0.4, 0.5) is 10.5 Å². The van der Waals surface area contributed by atoms with Crippen LogP contribution in [0.5, 0.6) is 5.75 Å². The molecule has 0 aliphatic carbocycles. The Morgan fingerprint density at radius 2 is 1.63 bits per heavy atom. The summed E-state index contributed by atoms with van der Waals surface area (Å²) in [6.07, 6.45) is -0.812. The molecule has 0 spiro atoms. The van der Waals surface area contributed by atoms with Crippen molar-refractivity contribution in [2.75, 3.05) is 24.3 Å².